The molecule has 0 spiro atoms. The molecular weight excluding hydrogens is 272 g/mol. The molecule has 0 aliphatic rings. The number of hydrogen-bond acceptors (Lipinski definition) is 4. The van der Waals surface area contributed by atoms with Gasteiger partial charge in [-0.1, -0.05) is 12.1 Å². The van der Waals surface area contributed by atoms with Gasteiger partial charge in [0.05, 0.1) is 19.6 Å². The lowest BCUT2D eigenvalue weighted by molar-refractivity contribution is -0.117. The van der Waals surface area contributed by atoms with E-state index in [1.165, 1.54) is 4.88 Å². The summed E-state index contributed by atoms with van der Waals surface area (Å²) in [5, 5.41) is 4.84. The molecule has 5 heteroatoms. The van der Waals surface area contributed by atoms with E-state index in [2.05, 4.69) is 11.4 Å². The minimum atomic E-state index is -0.0632. The van der Waals surface area contributed by atoms with Crippen molar-refractivity contribution in [1.29, 1.82) is 0 Å². The number of carbonyl (C=O) groups excluding carboxylic acids is 1. The molecule has 2 aromatic rings. The first-order valence-corrected chi connectivity index (χ1v) is 7.37. The fourth-order valence-electron chi connectivity index (χ4n) is 1.73. The third-order valence-electron chi connectivity index (χ3n) is 2.72. The predicted molar refractivity (Wildman–Crippen MR) is 82.9 cm³/mol. The molecule has 1 aromatic carbocycles. The SMILES string of the molecule is Nc1cccc(NC(=O)CCOCCc2cccs2)c1. The van der Waals surface area contributed by atoms with Gasteiger partial charge in [-0.25, -0.2) is 0 Å². The standard InChI is InChI=1S/C15H18N2O2S/c16-12-3-1-4-13(11-12)17-15(18)7-9-19-8-6-14-5-2-10-20-14/h1-5,10-11H,6-9,16H2,(H,17,18). The van der Waals surface area contributed by atoms with Crippen LogP contribution in [0.1, 0.15) is 11.3 Å². The van der Waals surface area contributed by atoms with Gasteiger partial charge < -0.3 is 15.8 Å². The molecule has 0 aliphatic heterocycles. The number of anilines is 2. The Kier molecular flexibility index (Phi) is 5.58. The molecule has 20 heavy (non-hydrogen) atoms. The zero-order valence-electron chi connectivity index (χ0n) is 11.2. The Bertz CT molecular complexity index is 541. The van der Waals surface area contributed by atoms with E-state index in [4.69, 9.17) is 10.5 Å². The van der Waals surface area contributed by atoms with Crippen LogP contribution in [0.5, 0.6) is 0 Å². The van der Waals surface area contributed by atoms with Gasteiger partial charge in [0, 0.05) is 22.7 Å². The maximum atomic E-state index is 11.7. The van der Waals surface area contributed by atoms with Gasteiger partial charge >= 0.3 is 0 Å². The second-order valence-corrected chi connectivity index (χ2v) is 5.40. The summed E-state index contributed by atoms with van der Waals surface area (Å²) in [6, 6.07) is 11.2. The molecule has 0 aliphatic carbocycles. The van der Waals surface area contributed by atoms with Gasteiger partial charge in [0.2, 0.25) is 5.91 Å². The van der Waals surface area contributed by atoms with Crippen LogP contribution in [0.3, 0.4) is 0 Å². The van der Waals surface area contributed by atoms with E-state index in [9.17, 15) is 4.79 Å². The molecular formula is C15H18N2O2S. The van der Waals surface area contributed by atoms with Gasteiger partial charge in [0.25, 0.3) is 0 Å². The van der Waals surface area contributed by atoms with Crippen LogP contribution in [0.25, 0.3) is 0 Å². The summed E-state index contributed by atoms with van der Waals surface area (Å²) in [6.45, 7) is 1.08. The molecule has 0 atom stereocenters. The van der Waals surface area contributed by atoms with Crippen LogP contribution in [0, 0.1) is 0 Å². The third kappa shape index (κ3) is 5.03. The molecule has 4 nitrogen and oxygen atoms in total. The number of ether oxygens (including phenoxy) is 1. The number of carbonyl (C=O) groups is 1. The van der Waals surface area contributed by atoms with Gasteiger partial charge in [0.15, 0.2) is 0 Å². The van der Waals surface area contributed by atoms with Crippen molar-refractivity contribution in [2.24, 2.45) is 0 Å². The maximum absolute atomic E-state index is 11.7. The van der Waals surface area contributed by atoms with E-state index in [0.29, 0.717) is 31.0 Å². The number of hydrogen-bond donors (Lipinski definition) is 2. The molecule has 0 fully saturated rings. The van der Waals surface area contributed by atoms with Crippen molar-refractivity contribution in [2.75, 3.05) is 24.3 Å². The average molecular weight is 290 g/mol. The average Bonchev–Trinajstić information content (AvgIpc) is 2.91. The summed E-state index contributed by atoms with van der Waals surface area (Å²) in [4.78, 5) is 13.0. The Morgan fingerprint density at radius 1 is 1.25 bits per heavy atom. The molecule has 0 unspecified atom stereocenters. The van der Waals surface area contributed by atoms with E-state index in [0.717, 1.165) is 6.42 Å². The lowest BCUT2D eigenvalue weighted by Crippen LogP contribution is -2.14. The molecule has 2 rings (SSSR count). The molecule has 0 saturated carbocycles. The highest BCUT2D eigenvalue weighted by atomic mass is 32.1. The second kappa shape index (κ2) is 7.67. The molecule has 0 bridgehead atoms. The Morgan fingerprint density at radius 2 is 2.15 bits per heavy atom. The lowest BCUT2D eigenvalue weighted by Gasteiger charge is -2.06. The van der Waals surface area contributed by atoms with Crippen molar-refractivity contribution >= 4 is 28.6 Å². The number of thiophene rings is 1. The van der Waals surface area contributed by atoms with E-state index < -0.39 is 0 Å². The monoisotopic (exact) mass is 290 g/mol. The van der Waals surface area contributed by atoms with E-state index >= 15 is 0 Å². The van der Waals surface area contributed by atoms with Gasteiger partial charge in [-0.15, -0.1) is 11.3 Å². The van der Waals surface area contributed by atoms with Crippen LogP contribution in [0.2, 0.25) is 0 Å². The molecule has 1 amide bonds. The van der Waals surface area contributed by atoms with Crippen molar-refractivity contribution in [2.45, 2.75) is 12.8 Å². The van der Waals surface area contributed by atoms with Crippen LogP contribution in [-0.2, 0) is 16.0 Å². The van der Waals surface area contributed by atoms with Crippen molar-refractivity contribution in [3.05, 3.63) is 46.7 Å². The summed E-state index contributed by atoms with van der Waals surface area (Å²) in [5.74, 6) is -0.0632. The maximum Gasteiger partial charge on any atom is 0.226 e. The fraction of sp³-hybridized carbons (Fsp3) is 0.267. The van der Waals surface area contributed by atoms with Crippen molar-refractivity contribution in [3.8, 4) is 0 Å². The lowest BCUT2D eigenvalue weighted by atomic mass is 10.3. The number of benzene rings is 1. The fourth-order valence-corrected chi connectivity index (χ4v) is 2.42. The van der Waals surface area contributed by atoms with Crippen LogP contribution >= 0.6 is 11.3 Å². The van der Waals surface area contributed by atoms with Crippen LogP contribution in [-0.4, -0.2) is 19.1 Å². The molecule has 0 saturated heterocycles. The van der Waals surface area contributed by atoms with Crippen molar-refractivity contribution < 1.29 is 9.53 Å². The van der Waals surface area contributed by atoms with Gasteiger partial charge in [-0.05, 0) is 29.6 Å². The Labute approximate surface area is 122 Å². The summed E-state index contributed by atoms with van der Waals surface area (Å²) in [7, 11) is 0. The summed E-state index contributed by atoms with van der Waals surface area (Å²) in [6.07, 6.45) is 1.24. The normalized spacial score (nSPS) is 10.4. The molecule has 106 valence electrons. The Balaban J connectivity index is 1.60. The van der Waals surface area contributed by atoms with Crippen LogP contribution in [0.4, 0.5) is 11.4 Å². The summed E-state index contributed by atoms with van der Waals surface area (Å²) < 4.78 is 5.46. The topological polar surface area (TPSA) is 64.3 Å². The van der Waals surface area contributed by atoms with Crippen LogP contribution in [0.15, 0.2) is 41.8 Å². The minimum Gasteiger partial charge on any atom is -0.399 e. The zero-order valence-corrected chi connectivity index (χ0v) is 12.0. The highest BCUT2D eigenvalue weighted by Gasteiger charge is 2.02. The number of nitrogen functional groups attached to an aromatic ring is 1. The molecule has 1 aromatic heterocycles. The number of amides is 1. The molecule has 3 N–H and O–H groups in total. The van der Waals surface area contributed by atoms with E-state index in [1.54, 1.807) is 23.5 Å². The molecule has 0 radical (unpaired) electrons. The third-order valence-corrected chi connectivity index (χ3v) is 3.65. The van der Waals surface area contributed by atoms with Crippen molar-refractivity contribution in [3.63, 3.8) is 0 Å². The molecule has 1 heterocycles. The summed E-state index contributed by atoms with van der Waals surface area (Å²) in [5.41, 5.74) is 7.00. The van der Waals surface area contributed by atoms with Gasteiger partial charge in [0.1, 0.15) is 0 Å². The van der Waals surface area contributed by atoms with Gasteiger partial charge in [-0.2, -0.15) is 0 Å². The minimum absolute atomic E-state index is 0.0632. The Hall–Kier alpha value is -1.85. The first kappa shape index (κ1) is 14.6. The van der Waals surface area contributed by atoms with Gasteiger partial charge in [-0.3, -0.25) is 4.79 Å². The van der Waals surface area contributed by atoms with Crippen molar-refractivity contribution in [1.82, 2.24) is 0 Å². The van der Waals surface area contributed by atoms with Crippen LogP contribution < -0.4 is 11.1 Å². The number of nitrogens with two attached hydrogens (primary N) is 1. The van der Waals surface area contributed by atoms with E-state index in [1.807, 2.05) is 23.6 Å². The quantitative estimate of drug-likeness (QED) is 0.608. The first-order chi connectivity index (χ1) is 9.74. The highest BCUT2D eigenvalue weighted by molar-refractivity contribution is 7.09. The Morgan fingerprint density at radius 3 is 2.90 bits per heavy atom. The number of nitrogens with one attached hydrogen (secondary N) is 1. The first-order valence-electron chi connectivity index (χ1n) is 6.49. The van der Waals surface area contributed by atoms with E-state index in [-0.39, 0.29) is 5.91 Å². The highest BCUT2D eigenvalue weighted by Crippen LogP contribution is 2.12. The smallest absolute Gasteiger partial charge is 0.226 e. The largest absolute Gasteiger partial charge is 0.399 e. The second-order valence-electron chi connectivity index (χ2n) is 4.37. The predicted octanol–water partition coefficient (Wildman–Crippen LogP) is 2.92. The summed E-state index contributed by atoms with van der Waals surface area (Å²) >= 11 is 1.72. The number of rotatable bonds is 7. The zero-order chi connectivity index (χ0) is 14.2.